The first-order valence-corrected chi connectivity index (χ1v) is 8.66. The van der Waals surface area contributed by atoms with Crippen molar-refractivity contribution in [2.75, 3.05) is 26.2 Å². The molecule has 1 aromatic rings. The van der Waals surface area contributed by atoms with E-state index in [1.807, 2.05) is 4.68 Å². The molecule has 2 fully saturated rings. The number of carbonyl (C=O) groups excluding carboxylic acids is 1. The lowest BCUT2D eigenvalue weighted by molar-refractivity contribution is -0.140. The number of hydrogen-bond donors (Lipinski definition) is 0. The molecular formula is C16H27N5O. The summed E-state index contributed by atoms with van der Waals surface area (Å²) in [5.74, 6) is 0.331. The molecule has 2 atom stereocenters. The van der Waals surface area contributed by atoms with Crippen molar-refractivity contribution in [3.63, 3.8) is 0 Å². The monoisotopic (exact) mass is 305 g/mol. The van der Waals surface area contributed by atoms with Gasteiger partial charge >= 0.3 is 0 Å². The van der Waals surface area contributed by atoms with Gasteiger partial charge in [0.05, 0.1) is 12.1 Å². The van der Waals surface area contributed by atoms with Crippen molar-refractivity contribution in [3.05, 3.63) is 12.7 Å². The highest BCUT2D eigenvalue weighted by molar-refractivity contribution is 5.82. The van der Waals surface area contributed by atoms with Gasteiger partial charge in [-0.3, -0.25) is 9.69 Å². The predicted octanol–water partition coefficient (Wildman–Crippen LogP) is 1.71. The zero-order valence-electron chi connectivity index (χ0n) is 13.5. The Hall–Kier alpha value is -1.43. The van der Waals surface area contributed by atoms with E-state index in [-0.39, 0.29) is 12.1 Å². The lowest BCUT2D eigenvalue weighted by Gasteiger charge is -2.40. The number of piperidine rings is 2. The molecule has 6 heteroatoms. The van der Waals surface area contributed by atoms with Crippen LogP contribution in [0.1, 0.15) is 51.5 Å². The molecule has 0 saturated carbocycles. The molecule has 0 bridgehead atoms. The molecule has 2 saturated heterocycles. The van der Waals surface area contributed by atoms with E-state index in [9.17, 15) is 4.79 Å². The fourth-order valence-electron chi connectivity index (χ4n) is 3.81. The fourth-order valence-corrected chi connectivity index (χ4v) is 3.81. The lowest BCUT2D eigenvalue weighted by Crippen LogP contribution is -2.53. The number of hydrogen-bond acceptors (Lipinski definition) is 4. The SMILES string of the molecule is CCCN1CCCC[C@@H]1C(=O)N1CCC[C@@H](n2cncn2)C1. The maximum atomic E-state index is 13.0. The van der Waals surface area contributed by atoms with Crippen LogP contribution in [0.5, 0.6) is 0 Å². The van der Waals surface area contributed by atoms with Gasteiger partial charge in [-0.05, 0) is 45.2 Å². The molecule has 0 unspecified atom stereocenters. The van der Waals surface area contributed by atoms with Crippen LogP contribution in [0.2, 0.25) is 0 Å². The van der Waals surface area contributed by atoms with E-state index >= 15 is 0 Å². The maximum Gasteiger partial charge on any atom is 0.239 e. The first kappa shape index (κ1) is 15.5. The van der Waals surface area contributed by atoms with Crippen LogP contribution < -0.4 is 0 Å². The Morgan fingerprint density at radius 1 is 1.23 bits per heavy atom. The second-order valence-electron chi connectivity index (χ2n) is 6.50. The molecule has 0 aromatic carbocycles. The summed E-state index contributed by atoms with van der Waals surface area (Å²) < 4.78 is 1.91. The second-order valence-corrected chi connectivity index (χ2v) is 6.50. The van der Waals surface area contributed by atoms with Crippen LogP contribution in [-0.2, 0) is 4.79 Å². The third kappa shape index (κ3) is 3.32. The van der Waals surface area contributed by atoms with Crippen molar-refractivity contribution < 1.29 is 4.79 Å². The summed E-state index contributed by atoms with van der Waals surface area (Å²) in [7, 11) is 0. The molecule has 6 nitrogen and oxygen atoms in total. The average Bonchev–Trinajstić information content (AvgIpc) is 3.10. The van der Waals surface area contributed by atoms with E-state index in [0.29, 0.717) is 5.91 Å². The number of amides is 1. The molecule has 1 aromatic heterocycles. The zero-order chi connectivity index (χ0) is 15.4. The summed E-state index contributed by atoms with van der Waals surface area (Å²) in [4.78, 5) is 21.5. The van der Waals surface area contributed by atoms with E-state index in [0.717, 1.165) is 51.9 Å². The number of nitrogens with zero attached hydrogens (tertiary/aromatic N) is 5. The molecule has 122 valence electrons. The lowest BCUT2D eigenvalue weighted by atomic mass is 9.98. The van der Waals surface area contributed by atoms with Crippen LogP contribution in [-0.4, -0.2) is 62.7 Å². The van der Waals surface area contributed by atoms with Crippen LogP contribution in [0.4, 0.5) is 0 Å². The zero-order valence-corrected chi connectivity index (χ0v) is 13.5. The quantitative estimate of drug-likeness (QED) is 0.850. The van der Waals surface area contributed by atoms with Gasteiger partial charge in [0.25, 0.3) is 0 Å². The number of likely N-dealkylation sites (tertiary alicyclic amines) is 2. The molecule has 0 aliphatic carbocycles. The largest absolute Gasteiger partial charge is 0.339 e. The van der Waals surface area contributed by atoms with E-state index in [1.54, 1.807) is 12.7 Å². The van der Waals surface area contributed by atoms with E-state index in [4.69, 9.17) is 0 Å². The average molecular weight is 305 g/mol. The van der Waals surface area contributed by atoms with Crippen molar-refractivity contribution in [3.8, 4) is 0 Å². The summed E-state index contributed by atoms with van der Waals surface area (Å²) in [5.41, 5.74) is 0. The highest BCUT2D eigenvalue weighted by atomic mass is 16.2. The van der Waals surface area contributed by atoms with E-state index in [1.165, 1.54) is 12.8 Å². The van der Waals surface area contributed by atoms with Crippen LogP contribution in [0.25, 0.3) is 0 Å². The minimum absolute atomic E-state index is 0.100. The van der Waals surface area contributed by atoms with Gasteiger partial charge < -0.3 is 4.90 Å². The molecule has 0 spiro atoms. The van der Waals surface area contributed by atoms with Gasteiger partial charge in [0.2, 0.25) is 5.91 Å². The Labute approximate surface area is 132 Å². The van der Waals surface area contributed by atoms with E-state index < -0.39 is 0 Å². The van der Waals surface area contributed by atoms with Crippen molar-refractivity contribution in [2.45, 2.75) is 57.5 Å². The van der Waals surface area contributed by atoms with Gasteiger partial charge in [-0.1, -0.05) is 13.3 Å². The molecule has 2 aliphatic rings. The van der Waals surface area contributed by atoms with Crippen LogP contribution >= 0.6 is 0 Å². The molecule has 0 radical (unpaired) electrons. The standard InChI is InChI=1S/C16H27N5O/c1-2-8-19-9-4-3-7-15(19)16(22)20-10-5-6-14(11-20)21-13-17-12-18-21/h12-15H,2-11H2,1H3/t14-,15-/m1/s1. The highest BCUT2D eigenvalue weighted by Crippen LogP contribution is 2.24. The Morgan fingerprint density at radius 3 is 2.91 bits per heavy atom. The van der Waals surface area contributed by atoms with Crippen molar-refractivity contribution >= 4 is 5.91 Å². The van der Waals surface area contributed by atoms with Gasteiger partial charge in [-0.2, -0.15) is 5.10 Å². The topological polar surface area (TPSA) is 54.3 Å². The Balaban J connectivity index is 1.65. The maximum absolute atomic E-state index is 13.0. The van der Waals surface area contributed by atoms with Gasteiger partial charge in [0.15, 0.2) is 0 Å². The second kappa shape index (κ2) is 7.22. The minimum Gasteiger partial charge on any atom is -0.339 e. The number of rotatable bonds is 4. The molecule has 0 N–H and O–H groups in total. The smallest absolute Gasteiger partial charge is 0.239 e. The Morgan fingerprint density at radius 2 is 2.14 bits per heavy atom. The molecule has 1 amide bonds. The third-order valence-corrected chi connectivity index (χ3v) is 4.93. The predicted molar refractivity (Wildman–Crippen MR) is 84.4 cm³/mol. The van der Waals surface area contributed by atoms with Crippen LogP contribution in [0.3, 0.4) is 0 Å². The highest BCUT2D eigenvalue weighted by Gasteiger charge is 2.34. The van der Waals surface area contributed by atoms with Crippen molar-refractivity contribution in [2.24, 2.45) is 0 Å². The molecule has 3 rings (SSSR count). The molecular weight excluding hydrogens is 278 g/mol. The summed E-state index contributed by atoms with van der Waals surface area (Å²) in [6.07, 6.45) is 10.0. The summed E-state index contributed by atoms with van der Waals surface area (Å²) in [6, 6.07) is 0.381. The summed E-state index contributed by atoms with van der Waals surface area (Å²) in [5, 5.41) is 4.25. The molecule has 2 aliphatic heterocycles. The summed E-state index contributed by atoms with van der Waals surface area (Å²) >= 11 is 0. The van der Waals surface area contributed by atoms with E-state index in [2.05, 4.69) is 26.8 Å². The van der Waals surface area contributed by atoms with Crippen LogP contribution in [0.15, 0.2) is 12.7 Å². The third-order valence-electron chi connectivity index (χ3n) is 4.93. The summed E-state index contributed by atoms with van der Waals surface area (Å²) in [6.45, 7) is 5.97. The molecule has 3 heterocycles. The van der Waals surface area contributed by atoms with Gasteiger partial charge in [-0.25, -0.2) is 9.67 Å². The van der Waals surface area contributed by atoms with Gasteiger partial charge in [0.1, 0.15) is 12.7 Å². The normalized spacial score (nSPS) is 27.0. The first-order valence-electron chi connectivity index (χ1n) is 8.66. The van der Waals surface area contributed by atoms with Gasteiger partial charge in [0, 0.05) is 13.1 Å². The van der Waals surface area contributed by atoms with Crippen molar-refractivity contribution in [1.29, 1.82) is 0 Å². The van der Waals surface area contributed by atoms with Crippen LogP contribution in [0, 0.1) is 0 Å². The number of aromatic nitrogens is 3. The Kier molecular flexibility index (Phi) is 5.08. The van der Waals surface area contributed by atoms with Crippen molar-refractivity contribution in [1.82, 2.24) is 24.6 Å². The molecule has 22 heavy (non-hydrogen) atoms. The number of carbonyl (C=O) groups is 1. The Bertz CT molecular complexity index is 473. The fraction of sp³-hybridized carbons (Fsp3) is 0.812. The minimum atomic E-state index is 0.100. The van der Waals surface area contributed by atoms with Gasteiger partial charge in [-0.15, -0.1) is 0 Å². The first-order chi connectivity index (χ1) is 10.8.